The molecule has 0 unspecified atom stereocenters. The third-order valence-corrected chi connectivity index (χ3v) is 4.33. The average molecular weight is 422 g/mol. The fraction of sp³-hybridized carbons (Fsp3) is 0.0435. The standard InChI is InChI=1S/C23H13F7/c1-2-13-3-5-14(6-4-13)15-9-20(26)22(21(27)10-15)16-11-18(24)17(19(25)12-16)7-8-23(28,29)30/h2-12H,1H2/b8-7+. The second-order valence-corrected chi connectivity index (χ2v) is 6.37. The Bertz CT molecular complexity index is 1080. The Morgan fingerprint density at radius 3 is 1.63 bits per heavy atom. The predicted octanol–water partition coefficient (Wildman–Crippen LogP) is 7.80. The van der Waals surface area contributed by atoms with Crippen LogP contribution in [0.5, 0.6) is 0 Å². The van der Waals surface area contributed by atoms with Gasteiger partial charge in [0.25, 0.3) is 0 Å². The smallest absolute Gasteiger partial charge is 0.206 e. The van der Waals surface area contributed by atoms with Crippen molar-refractivity contribution in [1.29, 1.82) is 0 Å². The molecule has 0 saturated carbocycles. The monoisotopic (exact) mass is 422 g/mol. The molecule has 3 rings (SSSR count). The first-order chi connectivity index (χ1) is 14.1. The Morgan fingerprint density at radius 2 is 1.17 bits per heavy atom. The van der Waals surface area contributed by atoms with Crippen LogP contribution in [0, 0.1) is 23.3 Å². The molecule has 0 atom stereocenters. The van der Waals surface area contributed by atoms with Crippen LogP contribution in [-0.2, 0) is 0 Å². The van der Waals surface area contributed by atoms with E-state index in [-0.39, 0.29) is 17.7 Å². The summed E-state index contributed by atoms with van der Waals surface area (Å²) < 4.78 is 94.3. The van der Waals surface area contributed by atoms with Crippen LogP contribution in [0.15, 0.2) is 61.2 Å². The third kappa shape index (κ3) is 4.62. The zero-order chi connectivity index (χ0) is 22.1. The second kappa shape index (κ2) is 8.18. The Kier molecular flexibility index (Phi) is 5.82. The van der Waals surface area contributed by atoms with Crippen LogP contribution < -0.4 is 0 Å². The molecule has 0 nitrogen and oxygen atoms in total. The Balaban J connectivity index is 2.03. The number of allylic oxidation sites excluding steroid dienone is 1. The Morgan fingerprint density at radius 1 is 0.667 bits per heavy atom. The van der Waals surface area contributed by atoms with E-state index in [0.717, 1.165) is 17.7 Å². The van der Waals surface area contributed by atoms with Crippen molar-refractivity contribution < 1.29 is 30.7 Å². The number of hydrogen-bond acceptors (Lipinski definition) is 0. The molecule has 0 spiro atoms. The van der Waals surface area contributed by atoms with Crippen LogP contribution in [0.2, 0.25) is 0 Å². The zero-order valence-electron chi connectivity index (χ0n) is 15.2. The Labute approximate surface area is 167 Å². The lowest BCUT2D eigenvalue weighted by Gasteiger charge is -2.11. The quantitative estimate of drug-likeness (QED) is 0.377. The van der Waals surface area contributed by atoms with E-state index in [0.29, 0.717) is 17.7 Å². The fourth-order valence-corrected chi connectivity index (χ4v) is 2.89. The molecule has 0 aromatic heterocycles. The highest BCUT2D eigenvalue weighted by molar-refractivity contribution is 5.73. The van der Waals surface area contributed by atoms with E-state index in [1.54, 1.807) is 30.3 Å². The minimum atomic E-state index is -4.77. The third-order valence-electron chi connectivity index (χ3n) is 4.33. The summed E-state index contributed by atoms with van der Waals surface area (Å²) in [6.45, 7) is 3.61. The number of alkyl halides is 3. The molecule has 0 amide bonds. The molecule has 0 aliphatic rings. The number of benzene rings is 3. The van der Waals surface area contributed by atoms with Gasteiger partial charge in [-0.2, -0.15) is 13.2 Å². The van der Waals surface area contributed by atoms with Gasteiger partial charge in [-0.1, -0.05) is 36.9 Å². The lowest BCUT2D eigenvalue weighted by Crippen LogP contribution is -2.01. The molecule has 0 N–H and O–H groups in total. The summed E-state index contributed by atoms with van der Waals surface area (Å²) in [4.78, 5) is 0. The van der Waals surface area contributed by atoms with Crippen molar-refractivity contribution in [3.05, 3.63) is 95.6 Å². The van der Waals surface area contributed by atoms with Gasteiger partial charge in [-0.05, 0) is 52.6 Å². The van der Waals surface area contributed by atoms with Gasteiger partial charge in [0.15, 0.2) is 0 Å². The summed E-state index contributed by atoms with van der Waals surface area (Å²) in [5.74, 6) is -4.91. The minimum Gasteiger partial charge on any atom is -0.206 e. The summed E-state index contributed by atoms with van der Waals surface area (Å²) in [5.41, 5.74) is -0.606. The molecule has 0 aliphatic heterocycles. The predicted molar refractivity (Wildman–Crippen MR) is 102 cm³/mol. The van der Waals surface area contributed by atoms with Crippen molar-refractivity contribution in [2.75, 3.05) is 0 Å². The van der Waals surface area contributed by atoms with Crippen LogP contribution in [0.4, 0.5) is 30.7 Å². The van der Waals surface area contributed by atoms with Gasteiger partial charge >= 0.3 is 6.18 Å². The lowest BCUT2D eigenvalue weighted by atomic mass is 9.97. The maximum Gasteiger partial charge on any atom is 0.409 e. The molecule has 0 fully saturated rings. The molecule has 154 valence electrons. The van der Waals surface area contributed by atoms with Crippen LogP contribution in [0.1, 0.15) is 11.1 Å². The van der Waals surface area contributed by atoms with E-state index >= 15 is 0 Å². The second-order valence-electron chi connectivity index (χ2n) is 6.37. The molecule has 3 aromatic carbocycles. The zero-order valence-corrected chi connectivity index (χ0v) is 15.2. The summed E-state index contributed by atoms with van der Waals surface area (Å²) in [6.07, 6.45) is -3.28. The van der Waals surface area contributed by atoms with Gasteiger partial charge in [-0.25, -0.2) is 17.6 Å². The first-order valence-electron chi connectivity index (χ1n) is 8.56. The van der Waals surface area contributed by atoms with Crippen molar-refractivity contribution in [3.63, 3.8) is 0 Å². The van der Waals surface area contributed by atoms with Crippen LogP contribution >= 0.6 is 0 Å². The van der Waals surface area contributed by atoms with E-state index in [4.69, 9.17) is 0 Å². The minimum absolute atomic E-state index is 0.204. The highest BCUT2D eigenvalue weighted by Crippen LogP contribution is 2.33. The molecule has 0 heterocycles. The topological polar surface area (TPSA) is 0 Å². The molecular formula is C23H13F7. The van der Waals surface area contributed by atoms with Gasteiger partial charge in [0, 0.05) is 11.6 Å². The molecule has 30 heavy (non-hydrogen) atoms. The van der Waals surface area contributed by atoms with Crippen molar-refractivity contribution in [1.82, 2.24) is 0 Å². The Hall–Kier alpha value is -3.35. The number of halogens is 7. The molecule has 0 bridgehead atoms. The van der Waals surface area contributed by atoms with Crippen molar-refractivity contribution in [2.24, 2.45) is 0 Å². The van der Waals surface area contributed by atoms with Gasteiger partial charge in [0.1, 0.15) is 23.3 Å². The molecule has 0 saturated heterocycles. The molecule has 7 heteroatoms. The maximum absolute atomic E-state index is 14.6. The molecule has 0 radical (unpaired) electrons. The van der Waals surface area contributed by atoms with E-state index in [1.165, 1.54) is 0 Å². The first-order valence-corrected chi connectivity index (χ1v) is 8.56. The van der Waals surface area contributed by atoms with Crippen LogP contribution in [-0.4, -0.2) is 6.18 Å². The number of hydrogen-bond donors (Lipinski definition) is 0. The lowest BCUT2D eigenvalue weighted by molar-refractivity contribution is -0.0790. The fourth-order valence-electron chi connectivity index (χ4n) is 2.89. The SMILES string of the molecule is C=Cc1ccc(-c2cc(F)c(-c3cc(F)c(/C=C/C(F)(F)F)c(F)c3)c(F)c2)cc1. The molecule has 3 aromatic rings. The molecule has 0 aliphatic carbocycles. The highest BCUT2D eigenvalue weighted by Gasteiger charge is 2.23. The summed E-state index contributed by atoms with van der Waals surface area (Å²) in [7, 11) is 0. The summed E-state index contributed by atoms with van der Waals surface area (Å²) in [6, 6.07) is 9.84. The van der Waals surface area contributed by atoms with Crippen molar-refractivity contribution in [3.8, 4) is 22.3 Å². The average Bonchev–Trinajstić information content (AvgIpc) is 2.66. The van der Waals surface area contributed by atoms with Gasteiger partial charge in [0.2, 0.25) is 0 Å². The van der Waals surface area contributed by atoms with Gasteiger partial charge < -0.3 is 0 Å². The number of rotatable bonds is 4. The van der Waals surface area contributed by atoms with E-state index in [9.17, 15) is 30.7 Å². The first kappa shape index (κ1) is 21.4. The van der Waals surface area contributed by atoms with Crippen LogP contribution in [0.3, 0.4) is 0 Å². The normalized spacial score (nSPS) is 11.8. The van der Waals surface area contributed by atoms with E-state index in [2.05, 4.69) is 6.58 Å². The van der Waals surface area contributed by atoms with Gasteiger partial charge in [-0.3, -0.25) is 0 Å². The van der Waals surface area contributed by atoms with Crippen LogP contribution in [0.25, 0.3) is 34.4 Å². The van der Waals surface area contributed by atoms with Gasteiger partial charge in [0.05, 0.1) is 5.56 Å². The summed E-state index contributed by atoms with van der Waals surface area (Å²) in [5, 5.41) is 0. The highest BCUT2D eigenvalue weighted by atomic mass is 19.4. The summed E-state index contributed by atoms with van der Waals surface area (Å²) >= 11 is 0. The van der Waals surface area contributed by atoms with Gasteiger partial charge in [-0.15, -0.1) is 0 Å². The van der Waals surface area contributed by atoms with Crippen molar-refractivity contribution in [2.45, 2.75) is 6.18 Å². The largest absolute Gasteiger partial charge is 0.409 e. The van der Waals surface area contributed by atoms with Crippen molar-refractivity contribution >= 4 is 12.2 Å². The maximum atomic E-state index is 14.6. The molecular weight excluding hydrogens is 409 g/mol. The van der Waals surface area contributed by atoms with E-state index < -0.39 is 46.1 Å². The van der Waals surface area contributed by atoms with E-state index in [1.807, 2.05) is 0 Å².